The summed E-state index contributed by atoms with van der Waals surface area (Å²) >= 11 is 0. The topological polar surface area (TPSA) is 90.5 Å². The molecule has 0 radical (unpaired) electrons. The number of hydrogen-bond acceptors (Lipinski definition) is 5. The number of amides is 1. The van der Waals surface area contributed by atoms with Crippen LogP contribution in [0.5, 0.6) is 11.6 Å². The van der Waals surface area contributed by atoms with Gasteiger partial charge < -0.3 is 10.1 Å². The molecule has 0 atom stereocenters. The summed E-state index contributed by atoms with van der Waals surface area (Å²) in [5.74, 6) is 0.484. The molecule has 1 amide bonds. The van der Waals surface area contributed by atoms with Gasteiger partial charge in [0.25, 0.3) is 5.88 Å². The molecule has 1 N–H and O–H groups in total. The first-order valence-corrected chi connectivity index (χ1v) is 10.0. The summed E-state index contributed by atoms with van der Waals surface area (Å²) in [6, 6.07) is 13.3. The molecular formula is C23H23N5O3. The zero-order valence-electron chi connectivity index (χ0n) is 17.6. The second-order valence-electron chi connectivity index (χ2n) is 7.26. The van der Waals surface area contributed by atoms with Crippen molar-refractivity contribution in [3.63, 3.8) is 0 Å². The predicted molar refractivity (Wildman–Crippen MR) is 118 cm³/mol. The van der Waals surface area contributed by atoms with Gasteiger partial charge in [-0.1, -0.05) is 31.2 Å². The fraction of sp³-hybridized carbons (Fsp3) is 0.217. The van der Waals surface area contributed by atoms with E-state index in [0.717, 1.165) is 22.2 Å². The third-order valence-electron chi connectivity index (χ3n) is 5.17. The zero-order valence-corrected chi connectivity index (χ0v) is 17.6. The van der Waals surface area contributed by atoms with E-state index in [4.69, 9.17) is 4.74 Å². The Labute approximate surface area is 179 Å². The van der Waals surface area contributed by atoms with E-state index in [2.05, 4.69) is 22.3 Å². The van der Waals surface area contributed by atoms with E-state index in [-0.39, 0.29) is 24.0 Å². The lowest BCUT2D eigenvalue weighted by Gasteiger charge is -2.09. The number of nitrogens with one attached hydrogen (secondary N) is 1. The summed E-state index contributed by atoms with van der Waals surface area (Å²) < 4.78 is 8.36. The van der Waals surface area contributed by atoms with E-state index < -0.39 is 5.69 Å². The molecule has 0 aliphatic rings. The van der Waals surface area contributed by atoms with Crippen molar-refractivity contribution < 1.29 is 9.53 Å². The van der Waals surface area contributed by atoms with Gasteiger partial charge in [0.15, 0.2) is 0 Å². The van der Waals surface area contributed by atoms with Gasteiger partial charge in [0, 0.05) is 18.1 Å². The van der Waals surface area contributed by atoms with Crippen LogP contribution in [0.3, 0.4) is 0 Å². The molecule has 0 spiro atoms. The van der Waals surface area contributed by atoms with Crippen LogP contribution in [-0.4, -0.2) is 25.1 Å². The normalized spacial score (nSPS) is 10.9. The van der Waals surface area contributed by atoms with Crippen LogP contribution in [0.2, 0.25) is 0 Å². The molecule has 2 aromatic carbocycles. The third kappa shape index (κ3) is 4.18. The maximum atomic E-state index is 12.7. The first-order valence-electron chi connectivity index (χ1n) is 10.0. The Morgan fingerprint density at radius 2 is 1.90 bits per heavy atom. The zero-order chi connectivity index (χ0) is 22.0. The predicted octanol–water partition coefficient (Wildman–Crippen LogP) is 3.50. The molecule has 0 aliphatic carbocycles. The molecule has 0 fully saturated rings. The number of benzene rings is 2. The summed E-state index contributed by atoms with van der Waals surface area (Å²) in [7, 11) is 0. The van der Waals surface area contributed by atoms with Crippen LogP contribution in [0, 0.1) is 13.8 Å². The molecule has 0 aliphatic heterocycles. The molecular weight excluding hydrogens is 394 g/mol. The molecule has 158 valence electrons. The standard InChI is InChI=1S/C23H23N5O3/c1-4-17-8-10-18(11-9-17)25-20(29)14-28-23(30)27-13-12-24-22(21(27)26-28)31-19-7-5-6-15(2)16(19)3/h5-13H,4,14H2,1-3H3,(H,25,29). The van der Waals surface area contributed by atoms with Crippen molar-refractivity contribution >= 4 is 17.2 Å². The van der Waals surface area contributed by atoms with Gasteiger partial charge in [-0.25, -0.2) is 18.9 Å². The lowest BCUT2D eigenvalue weighted by Crippen LogP contribution is -2.28. The number of anilines is 1. The summed E-state index contributed by atoms with van der Waals surface area (Å²) in [6.45, 7) is 5.78. The van der Waals surface area contributed by atoms with Gasteiger partial charge in [-0.3, -0.25) is 4.79 Å². The van der Waals surface area contributed by atoms with Crippen LogP contribution < -0.4 is 15.7 Å². The van der Waals surface area contributed by atoms with Crippen LogP contribution >= 0.6 is 0 Å². The number of carbonyl (C=O) groups is 1. The summed E-state index contributed by atoms with van der Waals surface area (Å²) in [5, 5.41) is 7.07. The van der Waals surface area contributed by atoms with Gasteiger partial charge in [-0.05, 0) is 55.2 Å². The van der Waals surface area contributed by atoms with Crippen LogP contribution in [0.1, 0.15) is 23.6 Å². The van der Waals surface area contributed by atoms with E-state index in [1.165, 1.54) is 22.4 Å². The Balaban J connectivity index is 1.58. The Hall–Kier alpha value is -3.94. The molecule has 4 rings (SSSR count). The summed E-state index contributed by atoms with van der Waals surface area (Å²) in [6.07, 6.45) is 3.89. The lowest BCUT2D eigenvalue weighted by molar-refractivity contribution is -0.117. The van der Waals surface area contributed by atoms with Crippen LogP contribution in [0.4, 0.5) is 5.69 Å². The number of carbonyl (C=O) groups excluding carboxylic acids is 1. The van der Waals surface area contributed by atoms with E-state index >= 15 is 0 Å². The van der Waals surface area contributed by atoms with Crippen molar-refractivity contribution in [3.05, 3.63) is 82.0 Å². The van der Waals surface area contributed by atoms with Crippen LogP contribution in [0.25, 0.3) is 5.65 Å². The van der Waals surface area contributed by atoms with E-state index in [0.29, 0.717) is 11.4 Å². The number of rotatable bonds is 6. The molecule has 31 heavy (non-hydrogen) atoms. The number of aromatic nitrogens is 4. The fourth-order valence-corrected chi connectivity index (χ4v) is 3.20. The van der Waals surface area contributed by atoms with Gasteiger partial charge in [-0.15, -0.1) is 5.10 Å². The second kappa shape index (κ2) is 8.43. The Morgan fingerprint density at radius 1 is 1.13 bits per heavy atom. The van der Waals surface area contributed by atoms with Crippen molar-refractivity contribution in [1.82, 2.24) is 19.2 Å². The number of ether oxygens (including phenoxy) is 1. The van der Waals surface area contributed by atoms with Crippen molar-refractivity contribution in [2.24, 2.45) is 0 Å². The molecule has 8 heteroatoms. The minimum absolute atomic E-state index is 0.197. The average Bonchev–Trinajstić information content (AvgIpc) is 3.08. The first-order chi connectivity index (χ1) is 15.0. The van der Waals surface area contributed by atoms with Gasteiger partial charge in [0.05, 0.1) is 0 Å². The molecule has 0 saturated heterocycles. The number of hydrogen-bond donors (Lipinski definition) is 1. The fourth-order valence-electron chi connectivity index (χ4n) is 3.20. The van der Waals surface area contributed by atoms with Crippen molar-refractivity contribution in [2.45, 2.75) is 33.7 Å². The van der Waals surface area contributed by atoms with Gasteiger partial charge >= 0.3 is 5.69 Å². The molecule has 2 aromatic heterocycles. The van der Waals surface area contributed by atoms with Crippen molar-refractivity contribution in [2.75, 3.05) is 5.32 Å². The Morgan fingerprint density at radius 3 is 2.65 bits per heavy atom. The molecule has 0 unspecified atom stereocenters. The van der Waals surface area contributed by atoms with Gasteiger partial charge in [0.2, 0.25) is 11.6 Å². The maximum absolute atomic E-state index is 12.7. The quantitative estimate of drug-likeness (QED) is 0.519. The van der Waals surface area contributed by atoms with Crippen molar-refractivity contribution in [1.29, 1.82) is 0 Å². The van der Waals surface area contributed by atoms with E-state index in [9.17, 15) is 9.59 Å². The monoisotopic (exact) mass is 417 g/mol. The van der Waals surface area contributed by atoms with Gasteiger partial charge in [0.1, 0.15) is 12.3 Å². The number of fused-ring (bicyclic) bond motifs is 1. The average molecular weight is 417 g/mol. The minimum atomic E-state index is -0.445. The highest BCUT2D eigenvalue weighted by molar-refractivity contribution is 5.90. The highest BCUT2D eigenvalue weighted by atomic mass is 16.5. The summed E-state index contributed by atoms with van der Waals surface area (Å²) in [4.78, 5) is 29.4. The minimum Gasteiger partial charge on any atom is -0.436 e. The molecule has 8 nitrogen and oxygen atoms in total. The van der Waals surface area contributed by atoms with Crippen LogP contribution in [-0.2, 0) is 17.8 Å². The Bertz CT molecular complexity index is 1310. The summed E-state index contributed by atoms with van der Waals surface area (Å²) in [5.41, 5.74) is 3.70. The SMILES string of the molecule is CCc1ccc(NC(=O)Cn2nc3c(Oc4cccc(C)c4C)nccn3c2=O)cc1. The smallest absolute Gasteiger partial charge is 0.351 e. The van der Waals surface area contributed by atoms with Crippen LogP contribution in [0.15, 0.2) is 59.7 Å². The molecule has 0 bridgehead atoms. The Kier molecular flexibility index (Phi) is 5.53. The number of aryl methyl sites for hydroxylation is 2. The van der Waals surface area contributed by atoms with Gasteiger partial charge in [-0.2, -0.15) is 0 Å². The molecule has 4 aromatic rings. The van der Waals surface area contributed by atoms with Crippen molar-refractivity contribution in [3.8, 4) is 11.6 Å². The number of nitrogens with zero attached hydrogens (tertiary/aromatic N) is 4. The highest BCUT2D eigenvalue weighted by Crippen LogP contribution is 2.27. The molecule has 0 saturated carbocycles. The van der Waals surface area contributed by atoms with E-state index in [1.807, 2.05) is 56.3 Å². The largest absolute Gasteiger partial charge is 0.436 e. The lowest BCUT2D eigenvalue weighted by atomic mass is 10.1. The first kappa shape index (κ1) is 20.3. The highest BCUT2D eigenvalue weighted by Gasteiger charge is 2.16. The second-order valence-corrected chi connectivity index (χ2v) is 7.26. The van der Waals surface area contributed by atoms with E-state index in [1.54, 1.807) is 0 Å². The molecule has 2 heterocycles. The maximum Gasteiger partial charge on any atom is 0.351 e. The third-order valence-corrected chi connectivity index (χ3v) is 5.17.